The second-order valence-electron chi connectivity index (χ2n) is 8.28. The van der Waals surface area contributed by atoms with E-state index in [1.54, 1.807) is 0 Å². The van der Waals surface area contributed by atoms with Gasteiger partial charge >= 0.3 is 0 Å². The molecule has 3 aromatic rings. The zero-order chi connectivity index (χ0) is 19.4. The van der Waals surface area contributed by atoms with Gasteiger partial charge in [-0.1, -0.05) is 18.2 Å². The number of rotatable bonds is 2. The molecular formula is C24H25N3O2. The molecule has 0 saturated carbocycles. The second-order valence-corrected chi connectivity index (χ2v) is 8.28. The first kappa shape index (κ1) is 16.8. The van der Waals surface area contributed by atoms with Gasteiger partial charge in [0, 0.05) is 19.8 Å². The minimum Gasteiger partial charge on any atom is -0.454 e. The highest BCUT2D eigenvalue weighted by Gasteiger charge is 2.35. The van der Waals surface area contributed by atoms with Crippen LogP contribution in [0.3, 0.4) is 0 Å². The van der Waals surface area contributed by atoms with Crippen molar-refractivity contribution < 1.29 is 9.47 Å². The lowest BCUT2D eigenvalue weighted by molar-refractivity contribution is 0.174. The summed E-state index contributed by atoms with van der Waals surface area (Å²) >= 11 is 0. The van der Waals surface area contributed by atoms with Gasteiger partial charge in [0.25, 0.3) is 0 Å². The summed E-state index contributed by atoms with van der Waals surface area (Å²) in [6, 6.07) is 20.0. The highest BCUT2D eigenvalue weighted by molar-refractivity contribution is 5.73. The average molecular weight is 387 g/mol. The molecule has 0 spiro atoms. The first-order chi connectivity index (χ1) is 14.3. The molecule has 0 N–H and O–H groups in total. The van der Waals surface area contributed by atoms with Crippen LogP contribution < -0.4 is 19.4 Å². The van der Waals surface area contributed by atoms with Gasteiger partial charge in [0.05, 0.1) is 23.1 Å². The van der Waals surface area contributed by atoms with E-state index in [0.717, 1.165) is 30.9 Å². The van der Waals surface area contributed by atoms with Crippen molar-refractivity contribution in [3.63, 3.8) is 0 Å². The van der Waals surface area contributed by atoms with Crippen LogP contribution in [0.1, 0.15) is 30.1 Å². The summed E-state index contributed by atoms with van der Waals surface area (Å²) in [5, 5.41) is 2.27. The first-order valence-corrected chi connectivity index (χ1v) is 10.4. The molecule has 5 nitrogen and oxygen atoms in total. The van der Waals surface area contributed by atoms with E-state index in [1.807, 2.05) is 0 Å². The number of anilines is 2. The number of hydrogen-bond acceptors (Lipinski definition) is 4. The molecule has 6 rings (SSSR count). The van der Waals surface area contributed by atoms with E-state index in [-0.39, 0.29) is 0 Å². The number of para-hydroxylation sites is 2. The summed E-state index contributed by atoms with van der Waals surface area (Å²) in [5.74, 6) is 2.40. The summed E-state index contributed by atoms with van der Waals surface area (Å²) in [6.07, 6.45) is 5.61. The summed E-state index contributed by atoms with van der Waals surface area (Å²) in [4.78, 5) is 2.61. The highest BCUT2D eigenvalue weighted by atomic mass is 16.7. The number of piperidine rings is 1. The van der Waals surface area contributed by atoms with Crippen LogP contribution in [0.4, 0.5) is 11.4 Å². The molecule has 1 saturated heterocycles. The summed E-state index contributed by atoms with van der Waals surface area (Å²) in [7, 11) is 2.16. The highest BCUT2D eigenvalue weighted by Crippen LogP contribution is 2.45. The Labute approximate surface area is 171 Å². The second kappa shape index (κ2) is 6.48. The quantitative estimate of drug-likeness (QED) is 0.641. The molecule has 2 atom stereocenters. The van der Waals surface area contributed by atoms with Gasteiger partial charge in [-0.15, -0.1) is 0 Å². The molecule has 0 radical (unpaired) electrons. The standard InChI is InChI=1S/C24H25N3O2/c1-25-19-5-2-3-6-20(19)26-12-10-18(14-22(26)21-7-4-11-27(21)25)13-17-8-9-23-24(15-17)29-16-28-23/h2-9,11,15,18,22H,10,12-14,16H2,1H3. The van der Waals surface area contributed by atoms with Crippen LogP contribution >= 0.6 is 0 Å². The minimum atomic E-state index is 0.336. The Balaban J connectivity index is 1.32. The molecule has 1 aromatic heterocycles. The van der Waals surface area contributed by atoms with Crippen molar-refractivity contribution in [3.05, 3.63) is 72.1 Å². The Kier molecular flexibility index (Phi) is 3.76. The van der Waals surface area contributed by atoms with E-state index in [4.69, 9.17) is 9.47 Å². The predicted octanol–water partition coefficient (Wildman–Crippen LogP) is 4.63. The van der Waals surface area contributed by atoms with E-state index in [0.29, 0.717) is 18.8 Å². The lowest BCUT2D eigenvalue weighted by atomic mass is 9.84. The smallest absolute Gasteiger partial charge is 0.231 e. The number of benzene rings is 2. The van der Waals surface area contributed by atoms with Crippen molar-refractivity contribution >= 4 is 11.4 Å². The van der Waals surface area contributed by atoms with E-state index in [9.17, 15) is 0 Å². The molecule has 0 aliphatic carbocycles. The molecule has 5 heteroatoms. The zero-order valence-corrected chi connectivity index (χ0v) is 16.6. The molecule has 0 amide bonds. The Morgan fingerprint density at radius 2 is 1.83 bits per heavy atom. The third-order valence-electron chi connectivity index (χ3n) is 6.64. The van der Waals surface area contributed by atoms with E-state index >= 15 is 0 Å². The topological polar surface area (TPSA) is 29.9 Å². The maximum Gasteiger partial charge on any atom is 0.231 e. The van der Waals surface area contributed by atoms with Crippen LogP contribution in [0.5, 0.6) is 11.5 Å². The van der Waals surface area contributed by atoms with Crippen LogP contribution in [-0.2, 0) is 6.42 Å². The zero-order valence-electron chi connectivity index (χ0n) is 16.6. The van der Waals surface area contributed by atoms with Gasteiger partial charge in [-0.25, -0.2) is 0 Å². The van der Waals surface area contributed by atoms with Crippen LogP contribution in [0.15, 0.2) is 60.8 Å². The Morgan fingerprint density at radius 1 is 0.966 bits per heavy atom. The molecule has 148 valence electrons. The molecule has 4 heterocycles. The third-order valence-corrected chi connectivity index (χ3v) is 6.64. The molecule has 3 aliphatic heterocycles. The van der Waals surface area contributed by atoms with E-state index in [2.05, 4.69) is 82.4 Å². The van der Waals surface area contributed by atoms with Gasteiger partial charge in [0.15, 0.2) is 11.5 Å². The molecular weight excluding hydrogens is 362 g/mol. The van der Waals surface area contributed by atoms with Crippen molar-refractivity contribution in [2.24, 2.45) is 5.92 Å². The fourth-order valence-electron chi connectivity index (χ4n) is 5.21. The van der Waals surface area contributed by atoms with Crippen molar-refractivity contribution in [1.82, 2.24) is 4.68 Å². The van der Waals surface area contributed by atoms with Crippen LogP contribution in [-0.4, -0.2) is 25.1 Å². The third kappa shape index (κ3) is 2.68. The molecule has 29 heavy (non-hydrogen) atoms. The number of fused-ring (bicyclic) bond motifs is 6. The lowest BCUT2D eigenvalue weighted by Crippen LogP contribution is -2.37. The van der Waals surface area contributed by atoms with Crippen molar-refractivity contribution in [3.8, 4) is 11.5 Å². The molecule has 0 bridgehead atoms. The van der Waals surface area contributed by atoms with Gasteiger partial charge in [-0.05, 0) is 67.1 Å². The van der Waals surface area contributed by atoms with Gasteiger partial charge in [-0.2, -0.15) is 0 Å². The number of aromatic nitrogens is 1. The Morgan fingerprint density at radius 3 is 2.76 bits per heavy atom. The van der Waals surface area contributed by atoms with Crippen molar-refractivity contribution in [2.75, 3.05) is 30.3 Å². The van der Waals surface area contributed by atoms with Crippen molar-refractivity contribution in [2.45, 2.75) is 25.3 Å². The lowest BCUT2D eigenvalue weighted by Gasteiger charge is -2.40. The van der Waals surface area contributed by atoms with Crippen LogP contribution in [0, 0.1) is 5.92 Å². The molecule has 2 aromatic carbocycles. The summed E-state index contributed by atoms with van der Waals surface area (Å²) in [5.41, 5.74) is 5.32. The van der Waals surface area contributed by atoms with Crippen molar-refractivity contribution in [1.29, 1.82) is 0 Å². The van der Waals surface area contributed by atoms with Crippen LogP contribution in [0.25, 0.3) is 0 Å². The predicted molar refractivity (Wildman–Crippen MR) is 114 cm³/mol. The number of ether oxygens (including phenoxy) is 2. The average Bonchev–Trinajstić information content (AvgIpc) is 3.41. The maximum atomic E-state index is 5.58. The van der Waals surface area contributed by atoms with Crippen LogP contribution in [0.2, 0.25) is 0 Å². The molecule has 3 aliphatic rings. The molecule has 1 fully saturated rings. The first-order valence-electron chi connectivity index (χ1n) is 10.4. The SMILES string of the molecule is CN1c2ccccc2N2CCC(Cc3ccc4c(c3)OCO4)CC2c2cccn21. The van der Waals surface area contributed by atoms with E-state index < -0.39 is 0 Å². The monoisotopic (exact) mass is 387 g/mol. The fourth-order valence-corrected chi connectivity index (χ4v) is 5.21. The summed E-state index contributed by atoms with van der Waals surface area (Å²) in [6.45, 7) is 1.42. The van der Waals surface area contributed by atoms with Gasteiger partial charge in [-0.3, -0.25) is 9.69 Å². The Hall–Kier alpha value is -3.08. The number of nitrogens with zero attached hydrogens (tertiary/aromatic N) is 3. The molecule has 2 unspecified atom stereocenters. The fraction of sp³-hybridized carbons (Fsp3) is 0.333. The Bertz CT molecular complexity index is 1060. The number of hydrogen-bond donors (Lipinski definition) is 0. The largest absolute Gasteiger partial charge is 0.454 e. The van der Waals surface area contributed by atoms with Gasteiger partial charge in [0.1, 0.15) is 0 Å². The van der Waals surface area contributed by atoms with Gasteiger partial charge in [0.2, 0.25) is 6.79 Å². The normalized spacial score (nSPS) is 22.0. The minimum absolute atomic E-state index is 0.336. The maximum absolute atomic E-state index is 5.58. The summed E-state index contributed by atoms with van der Waals surface area (Å²) < 4.78 is 13.4. The van der Waals surface area contributed by atoms with Gasteiger partial charge < -0.3 is 14.4 Å². The van der Waals surface area contributed by atoms with E-state index in [1.165, 1.54) is 29.1 Å².